The number of likely N-dealkylation sites (N-methyl/N-ethyl adjacent to an activating group) is 1. The van der Waals surface area contributed by atoms with Crippen molar-refractivity contribution >= 4 is 5.91 Å². The second-order valence-corrected chi connectivity index (χ2v) is 5.75. The summed E-state index contributed by atoms with van der Waals surface area (Å²) in [4.78, 5) is 14.1. The monoisotopic (exact) mass is 277 g/mol. The van der Waals surface area contributed by atoms with E-state index in [4.69, 9.17) is 5.73 Å². The number of nitrogens with one attached hydrogen (secondary N) is 1. The summed E-state index contributed by atoms with van der Waals surface area (Å²) in [6.45, 7) is 8.12. The third-order valence-electron chi connectivity index (χ3n) is 3.38. The van der Waals surface area contributed by atoms with Gasteiger partial charge in [0.15, 0.2) is 0 Å². The number of rotatable bonds is 7. The average Bonchev–Trinajstić information content (AvgIpc) is 2.43. The van der Waals surface area contributed by atoms with Gasteiger partial charge in [-0.15, -0.1) is 0 Å². The summed E-state index contributed by atoms with van der Waals surface area (Å²) in [6.07, 6.45) is 0. The number of hydrogen-bond donors (Lipinski definition) is 2. The van der Waals surface area contributed by atoms with Crippen LogP contribution in [0.2, 0.25) is 0 Å². The van der Waals surface area contributed by atoms with Crippen LogP contribution in [0, 0.1) is 5.92 Å². The standard InChI is InChI=1S/C16H27N3O/c1-12(2)10-18-16(20)13(3)19(4)11-15-7-5-6-14(8-15)9-17/h5-8,12-13H,9-11,17H2,1-4H3,(H,18,20). The maximum Gasteiger partial charge on any atom is 0.237 e. The zero-order chi connectivity index (χ0) is 15.1. The van der Waals surface area contributed by atoms with Gasteiger partial charge in [0.05, 0.1) is 6.04 Å². The molecule has 0 aliphatic carbocycles. The van der Waals surface area contributed by atoms with E-state index in [9.17, 15) is 4.79 Å². The summed E-state index contributed by atoms with van der Waals surface area (Å²) >= 11 is 0. The highest BCUT2D eigenvalue weighted by atomic mass is 16.2. The van der Waals surface area contributed by atoms with Crippen molar-refractivity contribution in [2.45, 2.75) is 39.9 Å². The van der Waals surface area contributed by atoms with E-state index in [1.54, 1.807) is 0 Å². The third kappa shape index (κ3) is 5.31. The van der Waals surface area contributed by atoms with Gasteiger partial charge in [0.25, 0.3) is 0 Å². The van der Waals surface area contributed by atoms with Crippen molar-refractivity contribution in [3.05, 3.63) is 35.4 Å². The number of amides is 1. The number of benzene rings is 1. The molecule has 1 rings (SSSR count). The minimum Gasteiger partial charge on any atom is -0.354 e. The maximum atomic E-state index is 12.0. The molecule has 0 radical (unpaired) electrons. The summed E-state index contributed by atoms with van der Waals surface area (Å²) in [5.74, 6) is 0.550. The Morgan fingerprint density at radius 1 is 1.30 bits per heavy atom. The van der Waals surface area contributed by atoms with Gasteiger partial charge in [0, 0.05) is 19.6 Å². The maximum absolute atomic E-state index is 12.0. The normalized spacial score (nSPS) is 12.8. The van der Waals surface area contributed by atoms with Crippen LogP contribution in [0.5, 0.6) is 0 Å². The topological polar surface area (TPSA) is 58.4 Å². The van der Waals surface area contributed by atoms with E-state index >= 15 is 0 Å². The molecule has 112 valence electrons. The van der Waals surface area contributed by atoms with E-state index < -0.39 is 0 Å². The van der Waals surface area contributed by atoms with Gasteiger partial charge in [-0.2, -0.15) is 0 Å². The molecule has 0 saturated carbocycles. The molecule has 1 unspecified atom stereocenters. The molecule has 4 heteroatoms. The number of hydrogen-bond acceptors (Lipinski definition) is 3. The Hall–Kier alpha value is -1.39. The molecule has 1 aromatic carbocycles. The van der Waals surface area contributed by atoms with Gasteiger partial charge in [-0.05, 0) is 31.0 Å². The molecule has 1 atom stereocenters. The highest BCUT2D eigenvalue weighted by Crippen LogP contribution is 2.09. The van der Waals surface area contributed by atoms with Crippen LogP contribution in [0.4, 0.5) is 0 Å². The Morgan fingerprint density at radius 3 is 2.55 bits per heavy atom. The van der Waals surface area contributed by atoms with E-state index in [-0.39, 0.29) is 11.9 Å². The van der Waals surface area contributed by atoms with Crippen LogP contribution in [-0.2, 0) is 17.9 Å². The van der Waals surface area contributed by atoms with Crippen molar-refractivity contribution in [2.24, 2.45) is 11.7 Å². The smallest absolute Gasteiger partial charge is 0.237 e. The molecule has 0 spiro atoms. The fourth-order valence-corrected chi connectivity index (χ4v) is 1.93. The number of carbonyl (C=O) groups is 1. The first kappa shape index (κ1) is 16.7. The van der Waals surface area contributed by atoms with Crippen LogP contribution >= 0.6 is 0 Å². The molecule has 0 aliphatic rings. The van der Waals surface area contributed by atoms with Gasteiger partial charge >= 0.3 is 0 Å². The van der Waals surface area contributed by atoms with E-state index in [0.29, 0.717) is 12.5 Å². The van der Waals surface area contributed by atoms with Gasteiger partial charge in [0.2, 0.25) is 5.91 Å². The van der Waals surface area contributed by atoms with Crippen LogP contribution in [0.25, 0.3) is 0 Å². The van der Waals surface area contributed by atoms with Crippen LogP contribution in [-0.4, -0.2) is 30.4 Å². The van der Waals surface area contributed by atoms with Crippen LogP contribution in [0.15, 0.2) is 24.3 Å². The van der Waals surface area contributed by atoms with Crippen LogP contribution < -0.4 is 11.1 Å². The molecule has 1 aromatic rings. The molecule has 0 aromatic heterocycles. The molecular weight excluding hydrogens is 250 g/mol. The van der Waals surface area contributed by atoms with E-state index in [1.165, 1.54) is 5.56 Å². The molecule has 0 fully saturated rings. The minimum absolute atomic E-state index is 0.0798. The van der Waals surface area contributed by atoms with Gasteiger partial charge in [0.1, 0.15) is 0 Å². The number of nitrogens with two attached hydrogens (primary N) is 1. The van der Waals surface area contributed by atoms with E-state index in [0.717, 1.165) is 18.7 Å². The molecule has 4 nitrogen and oxygen atoms in total. The molecule has 0 saturated heterocycles. The molecule has 20 heavy (non-hydrogen) atoms. The lowest BCUT2D eigenvalue weighted by Gasteiger charge is -2.24. The SMILES string of the molecule is CC(C)CNC(=O)C(C)N(C)Cc1cccc(CN)c1. The summed E-state index contributed by atoms with van der Waals surface area (Å²) in [7, 11) is 1.97. The third-order valence-corrected chi connectivity index (χ3v) is 3.38. The quantitative estimate of drug-likeness (QED) is 0.798. The lowest BCUT2D eigenvalue weighted by atomic mass is 10.1. The first-order valence-corrected chi connectivity index (χ1v) is 7.20. The predicted molar refractivity (Wildman–Crippen MR) is 83.1 cm³/mol. The van der Waals surface area contributed by atoms with Crippen LogP contribution in [0.3, 0.4) is 0 Å². The largest absolute Gasteiger partial charge is 0.354 e. The summed E-state index contributed by atoms with van der Waals surface area (Å²) in [5.41, 5.74) is 7.95. The Labute approximate surface area is 122 Å². The number of carbonyl (C=O) groups excluding carboxylic acids is 1. The van der Waals surface area contributed by atoms with Gasteiger partial charge in [-0.1, -0.05) is 38.1 Å². The van der Waals surface area contributed by atoms with Gasteiger partial charge in [-0.25, -0.2) is 0 Å². The first-order valence-electron chi connectivity index (χ1n) is 7.20. The van der Waals surface area contributed by atoms with Crippen molar-refractivity contribution < 1.29 is 4.79 Å². The fourth-order valence-electron chi connectivity index (χ4n) is 1.93. The zero-order valence-electron chi connectivity index (χ0n) is 13.0. The van der Waals surface area contributed by atoms with Crippen molar-refractivity contribution in [1.29, 1.82) is 0 Å². The first-order chi connectivity index (χ1) is 9.43. The van der Waals surface area contributed by atoms with Crippen LogP contribution in [0.1, 0.15) is 31.9 Å². The molecule has 0 aliphatic heterocycles. The van der Waals surface area contributed by atoms with Crippen molar-refractivity contribution in [2.75, 3.05) is 13.6 Å². The predicted octanol–water partition coefficient (Wildman–Crippen LogP) is 1.74. The summed E-state index contributed by atoms with van der Waals surface area (Å²) in [5, 5.41) is 2.97. The Bertz CT molecular complexity index is 431. The highest BCUT2D eigenvalue weighted by Gasteiger charge is 2.17. The van der Waals surface area contributed by atoms with Crippen molar-refractivity contribution in [1.82, 2.24) is 10.2 Å². The second kappa shape index (κ2) is 8.02. The molecule has 1 amide bonds. The molecule has 0 bridgehead atoms. The lowest BCUT2D eigenvalue weighted by molar-refractivity contribution is -0.125. The summed E-state index contributed by atoms with van der Waals surface area (Å²) < 4.78 is 0. The van der Waals surface area contributed by atoms with Crippen molar-refractivity contribution in [3.63, 3.8) is 0 Å². The van der Waals surface area contributed by atoms with E-state index in [1.807, 2.05) is 31.0 Å². The summed E-state index contributed by atoms with van der Waals surface area (Å²) in [6, 6.07) is 8.04. The average molecular weight is 277 g/mol. The zero-order valence-corrected chi connectivity index (χ0v) is 13.0. The highest BCUT2D eigenvalue weighted by molar-refractivity contribution is 5.81. The Balaban J connectivity index is 2.56. The molecule has 0 heterocycles. The fraction of sp³-hybridized carbons (Fsp3) is 0.562. The molecule has 3 N–H and O–H groups in total. The lowest BCUT2D eigenvalue weighted by Crippen LogP contribution is -2.43. The Morgan fingerprint density at radius 2 is 1.95 bits per heavy atom. The second-order valence-electron chi connectivity index (χ2n) is 5.75. The Kier molecular flexibility index (Phi) is 6.68. The van der Waals surface area contributed by atoms with E-state index in [2.05, 4.69) is 31.3 Å². The number of nitrogens with zero attached hydrogens (tertiary/aromatic N) is 1. The van der Waals surface area contributed by atoms with Gasteiger partial charge in [-0.3, -0.25) is 9.69 Å². The van der Waals surface area contributed by atoms with Gasteiger partial charge < -0.3 is 11.1 Å². The molecular formula is C16H27N3O. The van der Waals surface area contributed by atoms with Crippen molar-refractivity contribution in [3.8, 4) is 0 Å². The minimum atomic E-state index is -0.143.